The SMILES string of the molecule is CCCN(CCC)c1ccc(C(=O)NCc2ccc3c(c2)OCO3)nn1. The highest BCUT2D eigenvalue weighted by Crippen LogP contribution is 2.32. The molecule has 2 aromatic rings. The summed E-state index contributed by atoms with van der Waals surface area (Å²) >= 11 is 0. The zero-order valence-electron chi connectivity index (χ0n) is 15.2. The number of rotatable bonds is 8. The molecule has 0 saturated heterocycles. The van der Waals surface area contributed by atoms with E-state index >= 15 is 0 Å². The number of benzene rings is 1. The van der Waals surface area contributed by atoms with Crippen molar-refractivity contribution in [3.05, 3.63) is 41.6 Å². The molecule has 0 fully saturated rings. The van der Waals surface area contributed by atoms with E-state index in [4.69, 9.17) is 9.47 Å². The fourth-order valence-electron chi connectivity index (χ4n) is 2.82. The molecular weight excluding hydrogens is 332 g/mol. The van der Waals surface area contributed by atoms with E-state index in [1.54, 1.807) is 6.07 Å². The number of ether oxygens (including phenoxy) is 2. The summed E-state index contributed by atoms with van der Waals surface area (Å²) in [4.78, 5) is 14.5. The third-order valence-corrected chi connectivity index (χ3v) is 4.08. The Hall–Kier alpha value is -2.83. The van der Waals surface area contributed by atoms with E-state index in [1.165, 1.54) is 0 Å². The highest BCUT2D eigenvalue weighted by molar-refractivity contribution is 5.92. The Balaban J connectivity index is 1.59. The lowest BCUT2D eigenvalue weighted by atomic mass is 10.2. The minimum atomic E-state index is -0.251. The molecule has 0 radical (unpaired) electrons. The second-order valence-corrected chi connectivity index (χ2v) is 6.13. The molecule has 1 aromatic heterocycles. The predicted molar refractivity (Wildman–Crippen MR) is 98.6 cm³/mol. The van der Waals surface area contributed by atoms with Crippen molar-refractivity contribution in [2.24, 2.45) is 0 Å². The van der Waals surface area contributed by atoms with Crippen LogP contribution in [0, 0.1) is 0 Å². The van der Waals surface area contributed by atoms with Gasteiger partial charge in [0.2, 0.25) is 6.79 Å². The maximum absolute atomic E-state index is 12.3. The molecule has 138 valence electrons. The van der Waals surface area contributed by atoms with E-state index in [9.17, 15) is 4.79 Å². The lowest BCUT2D eigenvalue weighted by Crippen LogP contribution is -2.27. The molecular formula is C19H24N4O3. The molecule has 1 N–H and O–H groups in total. The molecule has 1 aromatic carbocycles. The van der Waals surface area contributed by atoms with Gasteiger partial charge in [-0.2, -0.15) is 0 Å². The number of carbonyl (C=O) groups excluding carboxylic acids is 1. The summed E-state index contributed by atoms with van der Waals surface area (Å²) in [5.74, 6) is 1.98. The predicted octanol–water partition coefficient (Wildman–Crippen LogP) is 2.76. The third kappa shape index (κ3) is 4.22. The van der Waals surface area contributed by atoms with E-state index in [1.807, 2.05) is 24.3 Å². The largest absolute Gasteiger partial charge is 0.454 e. The van der Waals surface area contributed by atoms with Gasteiger partial charge in [0.15, 0.2) is 23.0 Å². The molecule has 0 unspecified atom stereocenters. The monoisotopic (exact) mass is 356 g/mol. The molecule has 0 atom stereocenters. The van der Waals surface area contributed by atoms with Crippen molar-refractivity contribution in [2.45, 2.75) is 33.2 Å². The Morgan fingerprint density at radius 3 is 2.54 bits per heavy atom. The lowest BCUT2D eigenvalue weighted by Gasteiger charge is -2.21. The van der Waals surface area contributed by atoms with Gasteiger partial charge in [0.25, 0.3) is 5.91 Å². The number of hydrogen-bond acceptors (Lipinski definition) is 6. The Bertz CT molecular complexity index is 743. The highest BCUT2D eigenvalue weighted by atomic mass is 16.7. The molecule has 1 amide bonds. The van der Waals surface area contributed by atoms with Crippen LogP contribution >= 0.6 is 0 Å². The second kappa shape index (κ2) is 8.51. The molecule has 0 spiro atoms. The minimum absolute atomic E-state index is 0.236. The fourth-order valence-corrected chi connectivity index (χ4v) is 2.82. The number of carbonyl (C=O) groups is 1. The first-order chi connectivity index (χ1) is 12.7. The standard InChI is InChI=1S/C19H24N4O3/c1-3-9-23(10-4-2)18-8-6-15(21-22-18)19(24)20-12-14-5-7-16-17(11-14)26-13-25-16/h5-8,11H,3-4,9-10,12-13H2,1-2H3,(H,20,24). The van der Waals surface area contributed by atoms with Crippen LogP contribution < -0.4 is 19.7 Å². The number of amides is 1. The molecule has 7 nitrogen and oxygen atoms in total. The van der Waals surface area contributed by atoms with Crippen molar-refractivity contribution in [1.82, 2.24) is 15.5 Å². The smallest absolute Gasteiger partial charge is 0.272 e. The summed E-state index contributed by atoms with van der Waals surface area (Å²) in [7, 11) is 0. The Morgan fingerprint density at radius 1 is 1.08 bits per heavy atom. The van der Waals surface area contributed by atoms with Crippen molar-refractivity contribution in [3.63, 3.8) is 0 Å². The molecule has 0 saturated carbocycles. The first kappa shape index (κ1) is 18.0. The molecule has 26 heavy (non-hydrogen) atoms. The van der Waals surface area contributed by atoms with E-state index in [0.717, 1.165) is 43.1 Å². The fraction of sp³-hybridized carbons (Fsp3) is 0.421. The normalized spacial score (nSPS) is 12.1. The van der Waals surface area contributed by atoms with Gasteiger partial charge in [-0.15, -0.1) is 10.2 Å². The first-order valence-corrected chi connectivity index (χ1v) is 8.96. The summed E-state index contributed by atoms with van der Waals surface area (Å²) in [5.41, 5.74) is 1.24. The molecule has 2 heterocycles. The van der Waals surface area contributed by atoms with Crippen molar-refractivity contribution in [1.29, 1.82) is 0 Å². The van der Waals surface area contributed by atoms with Crippen molar-refractivity contribution in [2.75, 3.05) is 24.8 Å². The Kier molecular flexibility index (Phi) is 5.88. The lowest BCUT2D eigenvalue weighted by molar-refractivity contribution is 0.0945. The van der Waals surface area contributed by atoms with Crippen LogP contribution in [-0.2, 0) is 6.54 Å². The zero-order valence-corrected chi connectivity index (χ0v) is 15.2. The molecule has 7 heteroatoms. The van der Waals surface area contributed by atoms with E-state index in [-0.39, 0.29) is 12.7 Å². The van der Waals surface area contributed by atoms with Crippen LogP contribution in [0.1, 0.15) is 42.7 Å². The number of hydrogen-bond donors (Lipinski definition) is 1. The van der Waals surface area contributed by atoms with Gasteiger partial charge in [0.1, 0.15) is 0 Å². The number of nitrogens with one attached hydrogen (secondary N) is 1. The van der Waals surface area contributed by atoms with Crippen molar-refractivity contribution in [3.8, 4) is 11.5 Å². The van der Waals surface area contributed by atoms with Gasteiger partial charge in [-0.3, -0.25) is 4.79 Å². The number of fused-ring (bicyclic) bond motifs is 1. The average Bonchev–Trinajstić information content (AvgIpc) is 3.14. The zero-order chi connectivity index (χ0) is 18.4. The van der Waals surface area contributed by atoms with Crippen LogP contribution in [0.2, 0.25) is 0 Å². The van der Waals surface area contributed by atoms with Gasteiger partial charge in [-0.1, -0.05) is 19.9 Å². The molecule has 3 rings (SSSR count). The van der Waals surface area contributed by atoms with Crippen LogP contribution in [0.3, 0.4) is 0 Å². The number of nitrogens with zero attached hydrogens (tertiary/aromatic N) is 3. The first-order valence-electron chi connectivity index (χ1n) is 8.96. The van der Waals surface area contributed by atoms with Gasteiger partial charge < -0.3 is 19.7 Å². The van der Waals surface area contributed by atoms with Gasteiger partial charge >= 0.3 is 0 Å². The highest BCUT2D eigenvalue weighted by Gasteiger charge is 2.14. The van der Waals surface area contributed by atoms with Crippen LogP contribution in [-0.4, -0.2) is 36.0 Å². The van der Waals surface area contributed by atoms with Crippen LogP contribution in [0.5, 0.6) is 11.5 Å². The maximum Gasteiger partial charge on any atom is 0.272 e. The topological polar surface area (TPSA) is 76.6 Å². The van der Waals surface area contributed by atoms with Gasteiger partial charge in [-0.05, 0) is 42.7 Å². The molecule has 0 aliphatic carbocycles. The minimum Gasteiger partial charge on any atom is -0.454 e. The molecule has 0 bridgehead atoms. The summed E-state index contributed by atoms with van der Waals surface area (Å²) < 4.78 is 10.6. The van der Waals surface area contributed by atoms with E-state index in [2.05, 4.69) is 34.3 Å². The van der Waals surface area contributed by atoms with Crippen LogP contribution in [0.15, 0.2) is 30.3 Å². The summed E-state index contributed by atoms with van der Waals surface area (Å²) in [5, 5.41) is 11.2. The van der Waals surface area contributed by atoms with Crippen molar-refractivity contribution >= 4 is 11.7 Å². The molecule has 1 aliphatic heterocycles. The maximum atomic E-state index is 12.3. The van der Waals surface area contributed by atoms with Crippen LogP contribution in [0.4, 0.5) is 5.82 Å². The number of anilines is 1. The average molecular weight is 356 g/mol. The summed E-state index contributed by atoms with van der Waals surface area (Å²) in [6.45, 7) is 6.75. The summed E-state index contributed by atoms with van der Waals surface area (Å²) in [6, 6.07) is 9.18. The quantitative estimate of drug-likeness (QED) is 0.784. The van der Waals surface area contributed by atoms with Crippen LogP contribution in [0.25, 0.3) is 0 Å². The van der Waals surface area contributed by atoms with E-state index in [0.29, 0.717) is 18.0 Å². The third-order valence-electron chi connectivity index (χ3n) is 4.08. The van der Waals surface area contributed by atoms with Gasteiger partial charge in [0, 0.05) is 19.6 Å². The second-order valence-electron chi connectivity index (χ2n) is 6.13. The van der Waals surface area contributed by atoms with Crippen molar-refractivity contribution < 1.29 is 14.3 Å². The Labute approximate surface area is 153 Å². The van der Waals surface area contributed by atoms with E-state index < -0.39 is 0 Å². The number of aromatic nitrogens is 2. The Morgan fingerprint density at radius 2 is 1.85 bits per heavy atom. The summed E-state index contributed by atoms with van der Waals surface area (Å²) in [6.07, 6.45) is 2.08. The van der Waals surface area contributed by atoms with Gasteiger partial charge in [0.05, 0.1) is 0 Å². The molecule has 1 aliphatic rings. The van der Waals surface area contributed by atoms with Gasteiger partial charge in [-0.25, -0.2) is 0 Å².